The van der Waals surface area contributed by atoms with Gasteiger partial charge in [-0.2, -0.15) is 0 Å². The third-order valence-electron chi connectivity index (χ3n) is 3.29. The second-order valence-electron chi connectivity index (χ2n) is 4.83. The van der Waals surface area contributed by atoms with Gasteiger partial charge in [-0.3, -0.25) is 4.79 Å². The molecular formula is C15H14BrN3O2. The molecule has 0 spiro atoms. The Kier molecular flexibility index (Phi) is 3.47. The third-order valence-corrected chi connectivity index (χ3v) is 3.74. The SMILES string of the molecule is COc1cc(Br)cc(Nc2cc3c(cc2N)CC(=O)N3)c1. The maximum Gasteiger partial charge on any atom is 0.228 e. The fourth-order valence-corrected chi connectivity index (χ4v) is 2.78. The van der Waals surface area contributed by atoms with Gasteiger partial charge in [0.2, 0.25) is 5.91 Å². The number of fused-ring (bicyclic) bond motifs is 1. The Labute approximate surface area is 130 Å². The van der Waals surface area contributed by atoms with E-state index in [-0.39, 0.29) is 5.91 Å². The number of carbonyl (C=O) groups is 1. The number of hydrogen-bond donors (Lipinski definition) is 3. The number of ether oxygens (including phenoxy) is 1. The average molecular weight is 348 g/mol. The van der Waals surface area contributed by atoms with E-state index < -0.39 is 0 Å². The van der Waals surface area contributed by atoms with Gasteiger partial charge in [-0.05, 0) is 29.8 Å². The predicted molar refractivity (Wildman–Crippen MR) is 87.2 cm³/mol. The normalized spacial score (nSPS) is 12.8. The zero-order valence-electron chi connectivity index (χ0n) is 11.4. The topological polar surface area (TPSA) is 76.4 Å². The molecule has 0 aromatic heterocycles. The summed E-state index contributed by atoms with van der Waals surface area (Å²) in [5, 5.41) is 6.06. The molecule has 6 heteroatoms. The molecule has 1 aliphatic rings. The molecule has 1 aliphatic heterocycles. The second kappa shape index (κ2) is 5.29. The van der Waals surface area contributed by atoms with Crippen molar-refractivity contribution in [1.29, 1.82) is 0 Å². The minimum absolute atomic E-state index is 0.00863. The van der Waals surface area contributed by atoms with Crippen molar-refractivity contribution >= 4 is 44.6 Å². The van der Waals surface area contributed by atoms with Gasteiger partial charge in [0, 0.05) is 21.9 Å². The van der Waals surface area contributed by atoms with Crippen LogP contribution >= 0.6 is 15.9 Å². The van der Waals surface area contributed by atoms with Crippen LogP contribution in [-0.4, -0.2) is 13.0 Å². The number of nitrogens with one attached hydrogen (secondary N) is 2. The van der Waals surface area contributed by atoms with Gasteiger partial charge in [0.1, 0.15) is 5.75 Å². The van der Waals surface area contributed by atoms with E-state index >= 15 is 0 Å². The Morgan fingerprint density at radius 1 is 1.29 bits per heavy atom. The number of nitrogen functional groups attached to an aromatic ring is 1. The second-order valence-corrected chi connectivity index (χ2v) is 5.74. The van der Waals surface area contributed by atoms with Crippen LogP contribution in [0, 0.1) is 0 Å². The molecule has 0 bridgehead atoms. The number of rotatable bonds is 3. The molecule has 0 radical (unpaired) electrons. The van der Waals surface area contributed by atoms with Gasteiger partial charge < -0.3 is 21.1 Å². The van der Waals surface area contributed by atoms with Crippen molar-refractivity contribution in [3.05, 3.63) is 40.4 Å². The lowest BCUT2D eigenvalue weighted by molar-refractivity contribution is -0.115. The van der Waals surface area contributed by atoms with E-state index in [1.807, 2.05) is 30.3 Å². The van der Waals surface area contributed by atoms with E-state index in [0.717, 1.165) is 32.8 Å². The van der Waals surface area contributed by atoms with Gasteiger partial charge in [-0.1, -0.05) is 15.9 Å². The van der Waals surface area contributed by atoms with Gasteiger partial charge in [0.25, 0.3) is 0 Å². The highest BCUT2D eigenvalue weighted by molar-refractivity contribution is 9.10. The molecule has 0 fully saturated rings. The molecule has 1 amide bonds. The van der Waals surface area contributed by atoms with Gasteiger partial charge in [0.15, 0.2) is 0 Å². The molecule has 4 N–H and O–H groups in total. The Morgan fingerprint density at radius 3 is 2.86 bits per heavy atom. The van der Waals surface area contributed by atoms with Crippen LogP contribution in [0.5, 0.6) is 5.75 Å². The van der Waals surface area contributed by atoms with Crippen LogP contribution < -0.4 is 21.1 Å². The van der Waals surface area contributed by atoms with Crippen LogP contribution in [0.15, 0.2) is 34.8 Å². The Bertz CT molecular complexity index is 731. The van der Waals surface area contributed by atoms with E-state index in [1.165, 1.54) is 0 Å². The van der Waals surface area contributed by atoms with Crippen LogP contribution in [-0.2, 0) is 11.2 Å². The van der Waals surface area contributed by atoms with E-state index in [9.17, 15) is 4.79 Å². The fraction of sp³-hybridized carbons (Fsp3) is 0.133. The van der Waals surface area contributed by atoms with Crippen molar-refractivity contribution in [2.45, 2.75) is 6.42 Å². The van der Waals surface area contributed by atoms with Gasteiger partial charge in [-0.25, -0.2) is 0 Å². The number of halogens is 1. The minimum atomic E-state index is -0.00863. The summed E-state index contributed by atoms with van der Waals surface area (Å²) in [5.41, 5.74) is 9.97. The molecule has 5 nitrogen and oxygen atoms in total. The van der Waals surface area contributed by atoms with Gasteiger partial charge in [0.05, 0.1) is 24.9 Å². The first-order valence-electron chi connectivity index (χ1n) is 6.39. The number of nitrogens with two attached hydrogens (primary N) is 1. The molecule has 0 unspecified atom stereocenters. The van der Waals surface area contributed by atoms with E-state index in [0.29, 0.717) is 12.1 Å². The van der Waals surface area contributed by atoms with E-state index in [4.69, 9.17) is 10.5 Å². The highest BCUT2D eigenvalue weighted by atomic mass is 79.9. The van der Waals surface area contributed by atoms with Crippen molar-refractivity contribution in [3.63, 3.8) is 0 Å². The van der Waals surface area contributed by atoms with Crippen molar-refractivity contribution < 1.29 is 9.53 Å². The summed E-state index contributed by atoms with van der Waals surface area (Å²) in [5.74, 6) is 0.727. The fourth-order valence-electron chi connectivity index (χ4n) is 2.31. The molecule has 108 valence electrons. The van der Waals surface area contributed by atoms with Crippen molar-refractivity contribution in [1.82, 2.24) is 0 Å². The molecular weight excluding hydrogens is 334 g/mol. The average Bonchev–Trinajstić information content (AvgIpc) is 2.77. The molecule has 0 atom stereocenters. The lowest BCUT2D eigenvalue weighted by Crippen LogP contribution is -2.03. The Balaban J connectivity index is 1.94. The first-order chi connectivity index (χ1) is 10.0. The zero-order chi connectivity index (χ0) is 15.0. The first-order valence-corrected chi connectivity index (χ1v) is 7.18. The van der Waals surface area contributed by atoms with Crippen LogP contribution in [0.3, 0.4) is 0 Å². The minimum Gasteiger partial charge on any atom is -0.497 e. The lowest BCUT2D eigenvalue weighted by atomic mass is 10.1. The highest BCUT2D eigenvalue weighted by Gasteiger charge is 2.19. The number of methoxy groups -OCH3 is 1. The largest absolute Gasteiger partial charge is 0.497 e. The standard InChI is InChI=1S/C15H14BrN3O2/c1-21-11-5-9(16)4-10(6-11)18-14-7-13-8(2-12(14)17)3-15(20)19-13/h2,4-7,18H,3,17H2,1H3,(H,19,20). The van der Waals surface area contributed by atoms with Crippen LogP contribution in [0.25, 0.3) is 0 Å². The molecule has 1 heterocycles. The van der Waals surface area contributed by atoms with Gasteiger partial charge in [-0.15, -0.1) is 0 Å². The molecule has 2 aromatic carbocycles. The summed E-state index contributed by atoms with van der Waals surface area (Å²) < 4.78 is 6.13. The molecule has 21 heavy (non-hydrogen) atoms. The summed E-state index contributed by atoms with van der Waals surface area (Å²) in [4.78, 5) is 11.4. The van der Waals surface area contributed by atoms with Crippen molar-refractivity contribution in [2.24, 2.45) is 0 Å². The Morgan fingerprint density at radius 2 is 2.10 bits per heavy atom. The van der Waals surface area contributed by atoms with Crippen molar-refractivity contribution in [2.75, 3.05) is 23.5 Å². The number of amides is 1. The molecule has 2 aromatic rings. The van der Waals surface area contributed by atoms with Gasteiger partial charge >= 0.3 is 0 Å². The highest BCUT2D eigenvalue weighted by Crippen LogP contribution is 2.34. The zero-order valence-corrected chi connectivity index (χ0v) is 13.0. The van der Waals surface area contributed by atoms with Crippen LogP contribution in [0.1, 0.15) is 5.56 Å². The maximum absolute atomic E-state index is 11.4. The van der Waals surface area contributed by atoms with Crippen molar-refractivity contribution in [3.8, 4) is 5.75 Å². The lowest BCUT2D eigenvalue weighted by Gasteiger charge is -2.13. The Hall–Kier alpha value is -2.21. The van der Waals surface area contributed by atoms with Crippen LogP contribution in [0.4, 0.5) is 22.7 Å². The summed E-state index contributed by atoms with van der Waals surface area (Å²) >= 11 is 3.44. The number of anilines is 4. The molecule has 0 aliphatic carbocycles. The van der Waals surface area contributed by atoms with E-state index in [1.54, 1.807) is 7.11 Å². The molecule has 0 saturated carbocycles. The monoisotopic (exact) mass is 347 g/mol. The number of hydrogen-bond acceptors (Lipinski definition) is 4. The van der Waals surface area contributed by atoms with Crippen LogP contribution in [0.2, 0.25) is 0 Å². The quantitative estimate of drug-likeness (QED) is 0.744. The summed E-state index contributed by atoms with van der Waals surface area (Å²) in [6.45, 7) is 0. The van der Waals surface area contributed by atoms with E-state index in [2.05, 4.69) is 26.6 Å². The maximum atomic E-state index is 11.4. The first kappa shape index (κ1) is 13.8. The summed E-state index contributed by atoms with van der Waals surface area (Å²) in [6.07, 6.45) is 0.379. The summed E-state index contributed by atoms with van der Waals surface area (Å²) in [6, 6.07) is 9.34. The number of carbonyl (C=O) groups excluding carboxylic acids is 1. The smallest absolute Gasteiger partial charge is 0.228 e. The summed E-state index contributed by atoms with van der Waals surface area (Å²) in [7, 11) is 1.62. The molecule has 0 saturated heterocycles. The predicted octanol–water partition coefficient (Wildman–Crippen LogP) is 3.28. The molecule has 3 rings (SSSR count). The number of benzene rings is 2. The third kappa shape index (κ3) is 2.80.